The van der Waals surface area contributed by atoms with Crippen LogP contribution >= 0.6 is 11.3 Å². The lowest BCUT2D eigenvalue weighted by molar-refractivity contribution is -0.134. The highest BCUT2D eigenvalue weighted by atomic mass is 32.1. The summed E-state index contributed by atoms with van der Waals surface area (Å²) in [6.07, 6.45) is 1.79. The Bertz CT molecular complexity index is 911. The fourth-order valence-corrected chi connectivity index (χ4v) is 4.21. The first-order valence-corrected chi connectivity index (χ1v) is 9.99. The number of rotatable bonds is 6. The third kappa shape index (κ3) is 3.40. The quantitative estimate of drug-likeness (QED) is 0.756. The lowest BCUT2D eigenvalue weighted by atomic mass is 9.96. The molecule has 0 bridgehead atoms. The number of benzene rings is 1. The second kappa shape index (κ2) is 7.01. The topological polar surface area (TPSA) is 69.7 Å². The first kappa shape index (κ1) is 18.6. The van der Waals surface area contributed by atoms with Gasteiger partial charge in [0.25, 0.3) is 5.91 Å². The summed E-state index contributed by atoms with van der Waals surface area (Å²) in [5.74, 6) is -1.03. The van der Waals surface area contributed by atoms with Crippen molar-refractivity contribution in [1.29, 1.82) is 0 Å². The predicted molar refractivity (Wildman–Crippen MR) is 103 cm³/mol. The van der Waals surface area contributed by atoms with Crippen LogP contribution in [0.15, 0.2) is 41.8 Å². The first-order chi connectivity index (χ1) is 13.4. The molecule has 2 heterocycles. The van der Waals surface area contributed by atoms with Gasteiger partial charge in [-0.25, -0.2) is 9.18 Å². The molecule has 1 atom stereocenters. The van der Waals surface area contributed by atoms with Crippen LogP contribution in [0.4, 0.5) is 14.9 Å². The molecule has 4 amide bonds. The molecule has 2 aromatic rings. The van der Waals surface area contributed by atoms with Crippen LogP contribution in [0.25, 0.3) is 0 Å². The Labute approximate surface area is 165 Å². The van der Waals surface area contributed by atoms with Gasteiger partial charge < -0.3 is 10.2 Å². The maximum Gasteiger partial charge on any atom is 0.325 e. The Morgan fingerprint density at radius 3 is 2.61 bits per heavy atom. The molecule has 1 aromatic carbocycles. The molecule has 1 saturated heterocycles. The number of hydrogen-bond donors (Lipinski definition) is 1. The zero-order valence-corrected chi connectivity index (χ0v) is 16.2. The molecule has 2 aliphatic rings. The van der Waals surface area contributed by atoms with E-state index in [1.165, 1.54) is 40.5 Å². The zero-order chi connectivity index (χ0) is 19.9. The van der Waals surface area contributed by atoms with Crippen LogP contribution in [0.2, 0.25) is 0 Å². The molecule has 1 aliphatic carbocycles. The molecule has 8 heteroatoms. The molecular formula is C20H20FN3O3S. The fraction of sp³-hybridized carbons (Fsp3) is 0.350. The minimum Gasteiger partial charge on any atom is -0.323 e. The number of nitrogens with one attached hydrogen (secondary N) is 1. The lowest BCUT2D eigenvalue weighted by Crippen LogP contribution is -2.47. The highest BCUT2D eigenvalue weighted by molar-refractivity contribution is 7.09. The average molecular weight is 401 g/mol. The van der Waals surface area contributed by atoms with Crippen molar-refractivity contribution in [2.75, 3.05) is 11.4 Å². The number of halogens is 1. The van der Waals surface area contributed by atoms with E-state index in [-0.39, 0.29) is 24.9 Å². The van der Waals surface area contributed by atoms with Crippen molar-refractivity contribution in [1.82, 2.24) is 10.2 Å². The number of thiophene rings is 1. The van der Waals surface area contributed by atoms with Crippen molar-refractivity contribution in [3.8, 4) is 0 Å². The van der Waals surface area contributed by atoms with E-state index in [9.17, 15) is 18.8 Å². The SMILES string of the molecule is CC1(C2CC2)NC(=O)N(CC(=O)N(Cc2cccs2)c2ccc(F)cc2)C1=O. The van der Waals surface area contributed by atoms with Gasteiger partial charge in [-0.1, -0.05) is 6.07 Å². The summed E-state index contributed by atoms with van der Waals surface area (Å²) in [4.78, 5) is 41.6. The van der Waals surface area contributed by atoms with Gasteiger partial charge >= 0.3 is 6.03 Å². The molecule has 1 saturated carbocycles. The number of anilines is 1. The van der Waals surface area contributed by atoms with Crippen LogP contribution < -0.4 is 10.2 Å². The number of carbonyl (C=O) groups is 3. The van der Waals surface area contributed by atoms with Crippen LogP contribution in [0.1, 0.15) is 24.6 Å². The van der Waals surface area contributed by atoms with Gasteiger partial charge in [0, 0.05) is 10.6 Å². The van der Waals surface area contributed by atoms with Gasteiger partial charge in [0.2, 0.25) is 5.91 Å². The van der Waals surface area contributed by atoms with Crippen LogP contribution in [0.3, 0.4) is 0 Å². The van der Waals surface area contributed by atoms with E-state index >= 15 is 0 Å². The second-order valence-electron chi connectivity index (χ2n) is 7.33. The Morgan fingerprint density at radius 1 is 1.29 bits per heavy atom. The molecular weight excluding hydrogens is 381 g/mol. The monoisotopic (exact) mass is 401 g/mol. The summed E-state index contributed by atoms with van der Waals surface area (Å²) in [5.41, 5.74) is -0.414. The maximum absolute atomic E-state index is 13.3. The van der Waals surface area contributed by atoms with Crippen molar-refractivity contribution < 1.29 is 18.8 Å². The standard InChI is InChI=1S/C20H20FN3O3S/c1-20(13-4-5-13)18(26)24(19(27)22-20)12-17(25)23(11-16-3-2-10-28-16)15-8-6-14(21)7-9-15/h2-3,6-10,13H,4-5,11-12H2,1H3,(H,22,27). The molecule has 6 nitrogen and oxygen atoms in total. The number of carbonyl (C=O) groups excluding carboxylic acids is 3. The minimum absolute atomic E-state index is 0.128. The van der Waals surface area contributed by atoms with Crippen molar-refractivity contribution in [3.63, 3.8) is 0 Å². The molecule has 1 aliphatic heterocycles. The third-order valence-electron chi connectivity index (χ3n) is 5.32. The van der Waals surface area contributed by atoms with Crippen LogP contribution in [0, 0.1) is 11.7 Å². The Balaban J connectivity index is 1.56. The summed E-state index contributed by atoms with van der Waals surface area (Å²) >= 11 is 1.49. The number of hydrogen-bond acceptors (Lipinski definition) is 4. The molecule has 1 aromatic heterocycles. The molecule has 4 rings (SSSR count). The normalized spacial score (nSPS) is 21.7. The van der Waals surface area contributed by atoms with Crippen molar-refractivity contribution in [2.24, 2.45) is 5.92 Å². The number of imide groups is 1. The highest BCUT2D eigenvalue weighted by Crippen LogP contribution is 2.42. The zero-order valence-electron chi connectivity index (χ0n) is 15.4. The van der Waals surface area contributed by atoms with E-state index in [0.717, 1.165) is 22.6 Å². The number of nitrogens with zero attached hydrogens (tertiary/aromatic N) is 2. The summed E-state index contributed by atoms with van der Waals surface area (Å²) in [6.45, 7) is 1.65. The van der Waals surface area contributed by atoms with E-state index in [1.54, 1.807) is 6.92 Å². The van der Waals surface area contributed by atoms with E-state index < -0.39 is 23.3 Å². The maximum atomic E-state index is 13.3. The van der Waals surface area contributed by atoms with Gasteiger partial charge in [-0.2, -0.15) is 0 Å². The third-order valence-corrected chi connectivity index (χ3v) is 6.18. The van der Waals surface area contributed by atoms with E-state index in [1.807, 2.05) is 17.5 Å². The molecule has 1 N–H and O–H groups in total. The van der Waals surface area contributed by atoms with E-state index in [4.69, 9.17) is 0 Å². The van der Waals surface area contributed by atoms with Crippen molar-refractivity contribution in [2.45, 2.75) is 31.8 Å². The highest BCUT2D eigenvalue weighted by Gasteiger charge is 2.56. The lowest BCUT2D eigenvalue weighted by Gasteiger charge is -2.25. The average Bonchev–Trinajstić information content (AvgIpc) is 3.37. The molecule has 0 spiro atoms. The van der Waals surface area contributed by atoms with Gasteiger partial charge in [0.05, 0.1) is 6.54 Å². The molecule has 28 heavy (non-hydrogen) atoms. The van der Waals surface area contributed by atoms with Crippen LogP contribution in [-0.2, 0) is 16.1 Å². The van der Waals surface area contributed by atoms with Crippen LogP contribution in [0.5, 0.6) is 0 Å². The van der Waals surface area contributed by atoms with Gasteiger partial charge in [-0.3, -0.25) is 14.5 Å². The largest absolute Gasteiger partial charge is 0.325 e. The Hall–Kier alpha value is -2.74. The predicted octanol–water partition coefficient (Wildman–Crippen LogP) is 3.14. The molecule has 146 valence electrons. The van der Waals surface area contributed by atoms with Gasteiger partial charge in [0.1, 0.15) is 17.9 Å². The summed E-state index contributed by atoms with van der Waals surface area (Å²) in [5, 5.41) is 4.65. The van der Waals surface area contributed by atoms with E-state index in [2.05, 4.69) is 5.32 Å². The Morgan fingerprint density at radius 2 is 2.00 bits per heavy atom. The fourth-order valence-electron chi connectivity index (χ4n) is 3.52. The van der Waals surface area contributed by atoms with Crippen molar-refractivity contribution >= 4 is 34.9 Å². The minimum atomic E-state index is -0.925. The number of urea groups is 1. The van der Waals surface area contributed by atoms with Gasteiger partial charge in [0.15, 0.2) is 0 Å². The Kier molecular flexibility index (Phi) is 4.66. The van der Waals surface area contributed by atoms with Crippen LogP contribution in [-0.4, -0.2) is 34.8 Å². The summed E-state index contributed by atoms with van der Waals surface area (Å²) in [6, 6.07) is 8.83. The van der Waals surface area contributed by atoms with Gasteiger partial charge in [-0.15, -0.1) is 11.3 Å². The second-order valence-corrected chi connectivity index (χ2v) is 8.37. The number of amides is 4. The molecule has 1 unspecified atom stereocenters. The van der Waals surface area contributed by atoms with E-state index in [0.29, 0.717) is 5.69 Å². The summed E-state index contributed by atoms with van der Waals surface area (Å²) in [7, 11) is 0. The molecule has 2 fully saturated rings. The smallest absolute Gasteiger partial charge is 0.323 e. The van der Waals surface area contributed by atoms with Crippen molar-refractivity contribution in [3.05, 3.63) is 52.5 Å². The first-order valence-electron chi connectivity index (χ1n) is 9.11. The van der Waals surface area contributed by atoms with Gasteiger partial charge in [-0.05, 0) is 61.4 Å². The molecule has 0 radical (unpaired) electrons. The summed E-state index contributed by atoms with van der Waals surface area (Å²) < 4.78 is 13.3.